The van der Waals surface area contributed by atoms with Gasteiger partial charge in [0.25, 0.3) is 5.91 Å². The number of carbonyl (C=O) groups excluding carboxylic acids is 1. The number of ether oxygens (including phenoxy) is 2. The van der Waals surface area contributed by atoms with Gasteiger partial charge in [0.15, 0.2) is 18.1 Å². The van der Waals surface area contributed by atoms with E-state index in [1.807, 2.05) is 0 Å². The summed E-state index contributed by atoms with van der Waals surface area (Å²) in [6, 6.07) is 6.87. The lowest BCUT2D eigenvalue weighted by atomic mass is 10.0. The highest BCUT2D eigenvalue weighted by atomic mass is 16.5. The Balaban J connectivity index is 2.42. The molecule has 0 aliphatic heterocycles. The van der Waals surface area contributed by atoms with Crippen LogP contribution in [0.3, 0.4) is 0 Å². The molecule has 7 nitrogen and oxygen atoms in total. The van der Waals surface area contributed by atoms with Gasteiger partial charge in [-0.05, 0) is 19.1 Å². The van der Waals surface area contributed by atoms with Gasteiger partial charge in [-0.3, -0.25) is 9.59 Å². The molecule has 0 fully saturated rings. The minimum Gasteiger partial charge on any atom is -0.493 e. The molecule has 0 heterocycles. The van der Waals surface area contributed by atoms with E-state index in [9.17, 15) is 14.7 Å². The second-order valence-corrected chi connectivity index (χ2v) is 4.78. The standard InChI is InChI=1S/C14H19NO6/c1-14(19,7-13(17)18)9-15-12(16)8-21-11-6-4-3-5-10(11)20-2/h3-6,19H,7-9H2,1-2H3,(H,15,16)(H,17,18). The molecule has 21 heavy (non-hydrogen) atoms. The van der Waals surface area contributed by atoms with Crippen molar-refractivity contribution in [2.24, 2.45) is 0 Å². The zero-order valence-corrected chi connectivity index (χ0v) is 12.0. The van der Waals surface area contributed by atoms with Crippen molar-refractivity contribution < 1.29 is 29.3 Å². The molecule has 0 saturated heterocycles. The zero-order chi connectivity index (χ0) is 15.9. The van der Waals surface area contributed by atoms with Gasteiger partial charge in [-0.25, -0.2) is 0 Å². The maximum atomic E-state index is 11.6. The lowest BCUT2D eigenvalue weighted by Crippen LogP contribution is -2.43. The van der Waals surface area contributed by atoms with E-state index in [0.29, 0.717) is 11.5 Å². The third-order valence-corrected chi connectivity index (χ3v) is 2.63. The first-order chi connectivity index (χ1) is 9.84. The van der Waals surface area contributed by atoms with Crippen molar-refractivity contribution in [3.8, 4) is 11.5 Å². The molecule has 1 aromatic rings. The summed E-state index contributed by atoms with van der Waals surface area (Å²) >= 11 is 0. The smallest absolute Gasteiger partial charge is 0.306 e. The topological polar surface area (TPSA) is 105 Å². The van der Waals surface area contributed by atoms with Crippen molar-refractivity contribution in [1.29, 1.82) is 0 Å². The molecule has 0 aliphatic rings. The van der Waals surface area contributed by atoms with Crippen LogP contribution in [0.5, 0.6) is 11.5 Å². The van der Waals surface area contributed by atoms with Gasteiger partial charge in [0.2, 0.25) is 0 Å². The van der Waals surface area contributed by atoms with Crippen molar-refractivity contribution in [3.63, 3.8) is 0 Å². The summed E-state index contributed by atoms with van der Waals surface area (Å²) in [5.41, 5.74) is -1.51. The Hall–Kier alpha value is -2.28. The van der Waals surface area contributed by atoms with Crippen LogP contribution in [0.2, 0.25) is 0 Å². The van der Waals surface area contributed by atoms with Crippen molar-refractivity contribution >= 4 is 11.9 Å². The lowest BCUT2D eigenvalue weighted by Gasteiger charge is -2.21. The number of methoxy groups -OCH3 is 1. The number of aliphatic carboxylic acids is 1. The number of carboxylic acids is 1. The summed E-state index contributed by atoms with van der Waals surface area (Å²) in [5, 5.41) is 20.8. The summed E-state index contributed by atoms with van der Waals surface area (Å²) in [7, 11) is 1.49. The Morgan fingerprint density at radius 3 is 2.48 bits per heavy atom. The predicted molar refractivity (Wildman–Crippen MR) is 74.4 cm³/mol. The molecule has 7 heteroatoms. The minimum atomic E-state index is -1.51. The van der Waals surface area contributed by atoms with Crippen LogP contribution in [-0.4, -0.2) is 48.0 Å². The molecule has 0 saturated carbocycles. The molecule has 0 aliphatic carbocycles. The molecule has 0 radical (unpaired) electrons. The van der Waals surface area contributed by atoms with Crippen LogP contribution in [0.4, 0.5) is 0 Å². The van der Waals surface area contributed by atoms with Gasteiger partial charge in [0.1, 0.15) is 0 Å². The molecule has 1 unspecified atom stereocenters. The molecule has 1 atom stereocenters. The molecule has 0 spiro atoms. The Kier molecular flexibility index (Phi) is 5.98. The molecule has 116 valence electrons. The van der Waals surface area contributed by atoms with Gasteiger partial charge in [-0.15, -0.1) is 0 Å². The van der Waals surface area contributed by atoms with Crippen LogP contribution < -0.4 is 14.8 Å². The first-order valence-electron chi connectivity index (χ1n) is 6.31. The van der Waals surface area contributed by atoms with E-state index in [2.05, 4.69) is 5.32 Å². The third kappa shape index (κ3) is 6.13. The SMILES string of the molecule is COc1ccccc1OCC(=O)NCC(C)(O)CC(=O)O. The fourth-order valence-electron chi connectivity index (χ4n) is 1.61. The Morgan fingerprint density at radius 1 is 1.29 bits per heavy atom. The van der Waals surface area contributed by atoms with Crippen molar-refractivity contribution in [2.45, 2.75) is 18.9 Å². The summed E-state index contributed by atoms with van der Waals surface area (Å²) in [5.74, 6) is -0.679. The Labute approximate surface area is 122 Å². The van der Waals surface area contributed by atoms with E-state index >= 15 is 0 Å². The number of hydrogen-bond donors (Lipinski definition) is 3. The van der Waals surface area contributed by atoms with Gasteiger partial charge in [0.05, 0.1) is 19.1 Å². The van der Waals surface area contributed by atoms with Crippen LogP contribution in [0.1, 0.15) is 13.3 Å². The highest BCUT2D eigenvalue weighted by molar-refractivity contribution is 5.77. The fourth-order valence-corrected chi connectivity index (χ4v) is 1.61. The molecule has 3 N–H and O–H groups in total. The van der Waals surface area contributed by atoms with Crippen LogP contribution in [0.15, 0.2) is 24.3 Å². The summed E-state index contributed by atoms with van der Waals surface area (Å²) in [6.07, 6.45) is -0.458. The summed E-state index contributed by atoms with van der Waals surface area (Å²) < 4.78 is 10.4. The summed E-state index contributed by atoms with van der Waals surface area (Å²) in [4.78, 5) is 22.1. The van der Waals surface area contributed by atoms with Gasteiger partial charge < -0.3 is 25.0 Å². The van der Waals surface area contributed by atoms with E-state index in [0.717, 1.165) is 0 Å². The number of carbonyl (C=O) groups is 2. The lowest BCUT2D eigenvalue weighted by molar-refractivity contribution is -0.142. The first-order valence-corrected chi connectivity index (χ1v) is 6.31. The maximum absolute atomic E-state index is 11.6. The number of benzene rings is 1. The molecular weight excluding hydrogens is 278 g/mol. The molecule has 0 bridgehead atoms. The average Bonchev–Trinajstić information content (AvgIpc) is 2.42. The first kappa shape index (κ1) is 16.8. The maximum Gasteiger partial charge on any atom is 0.306 e. The predicted octanol–water partition coefficient (Wildman–Crippen LogP) is 0.416. The minimum absolute atomic E-state index is 0.173. The van der Waals surface area contributed by atoms with Gasteiger partial charge in [0, 0.05) is 6.54 Å². The highest BCUT2D eigenvalue weighted by Gasteiger charge is 2.24. The number of aliphatic hydroxyl groups is 1. The Bertz CT molecular complexity index is 500. The number of carboxylic acid groups (broad SMARTS) is 1. The second-order valence-electron chi connectivity index (χ2n) is 4.78. The number of rotatable bonds is 8. The zero-order valence-electron chi connectivity index (χ0n) is 12.0. The van der Waals surface area contributed by atoms with E-state index < -0.39 is 23.9 Å². The molecule has 1 amide bonds. The quantitative estimate of drug-likeness (QED) is 0.642. The summed E-state index contributed by atoms with van der Waals surface area (Å²) in [6.45, 7) is 0.902. The molecule has 1 aromatic carbocycles. The molecular formula is C14H19NO6. The van der Waals surface area contributed by atoms with Crippen LogP contribution in [-0.2, 0) is 9.59 Å². The van der Waals surface area contributed by atoms with Crippen molar-refractivity contribution in [1.82, 2.24) is 5.32 Å². The second kappa shape index (κ2) is 7.49. The van der Waals surface area contributed by atoms with Gasteiger partial charge in [-0.1, -0.05) is 12.1 Å². The van der Waals surface area contributed by atoms with E-state index in [4.69, 9.17) is 14.6 Å². The normalized spacial score (nSPS) is 13.1. The third-order valence-electron chi connectivity index (χ3n) is 2.63. The molecule has 1 rings (SSSR count). The number of para-hydroxylation sites is 2. The highest BCUT2D eigenvalue weighted by Crippen LogP contribution is 2.25. The molecule has 0 aromatic heterocycles. The van der Waals surface area contributed by atoms with Gasteiger partial charge in [-0.2, -0.15) is 0 Å². The van der Waals surface area contributed by atoms with E-state index in [1.54, 1.807) is 24.3 Å². The van der Waals surface area contributed by atoms with Crippen LogP contribution in [0, 0.1) is 0 Å². The number of nitrogens with one attached hydrogen (secondary N) is 1. The number of hydrogen-bond acceptors (Lipinski definition) is 5. The number of amides is 1. The van der Waals surface area contributed by atoms with Crippen molar-refractivity contribution in [2.75, 3.05) is 20.3 Å². The van der Waals surface area contributed by atoms with Gasteiger partial charge >= 0.3 is 5.97 Å². The van der Waals surface area contributed by atoms with Crippen molar-refractivity contribution in [3.05, 3.63) is 24.3 Å². The fraction of sp³-hybridized carbons (Fsp3) is 0.429. The van der Waals surface area contributed by atoms with E-state index in [-0.39, 0.29) is 13.2 Å². The average molecular weight is 297 g/mol. The monoisotopic (exact) mass is 297 g/mol. The van der Waals surface area contributed by atoms with Crippen LogP contribution in [0.25, 0.3) is 0 Å². The Morgan fingerprint density at radius 2 is 1.90 bits per heavy atom. The van der Waals surface area contributed by atoms with E-state index in [1.165, 1.54) is 14.0 Å². The van der Waals surface area contributed by atoms with Crippen LogP contribution >= 0.6 is 0 Å². The largest absolute Gasteiger partial charge is 0.493 e.